The summed E-state index contributed by atoms with van der Waals surface area (Å²) in [5.74, 6) is 3.24. The molecule has 0 atom stereocenters. The van der Waals surface area contributed by atoms with E-state index in [9.17, 15) is 0 Å². The van der Waals surface area contributed by atoms with Crippen molar-refractivity contribution in [2.24, 2.45) is 0 Å². The Bertz CT molecular complexity index is 381. The molecule has 0 fully saturated rings. The smallest absolute Gasteiger partial charge is 0.208 e. The lowest BCUT2D eigenvalue weighted by atomic mass is 10.6. The zero-order chi connectivity index (χ0) is 10.8. The van der Waals surface area contributed by atoms with E-state index in [0.29, 0.717) is 16.1 Å². The fourth-order valence-corrected chi connectivity index (χ4v) is 1.46. The average molecular weight is 249 g/mol. The zero-order valence-electron chi connectivity index (χ0n) is 8.14. The third-order valence-electron chi connectivity index (χ3n) is 1.13. The number of hydrogen-bond acceptors (Lipinski definition) is 2. The molecule has 0 aromatic carbocycles. The fourth-order valence-electron chi connectivity index (χ4n) is 0.645. The zero-order valence-corrected chi connectivity index (χ0v) is 10.5. The van der Waals surface area contributed by atoms with E-state index < -0.39 is 10.0 Å². The summed E-state index contributed by atoms with van der Waals surface area (Å²) in [6, 6.07) is 1.48. The molecule has 14 heavy (non-hydrogen) atoms. The van der Waals surface area contributed by atoms with E-state index in [1.165, 1.54) is 6.07 Å². The minimum atomic E-state index is -0.875. The van der Waals surface area contributed by atoms with Crippen LogP contribution in [0, 0.1) is 11.2 Å². The normalized spacial score (nSPS) is 11.8. The predicted octanol–water partition coefficient (Wildman–Crippen LogP) is 2.79. The van der Waals surface area contributed by atoms with Gasteiger partial charge in [0.1, 0.15) is 10.3 Å². The summed E-state index contributed by atoms with van der Waals surface area (Å²) < 4.78 is 0. The summed E-state index contributed by atoms with van der Waals surface area (Å²) >= 11 is 11.4. The van der Waals surface area contributed by atoms with Gasteiger partial charge in [-0.2, -0.15) is 10.0 Å². The first-order valence-corrected chi connectivity index (χ1v) is 7.39. The van der Waals surface area contributed by atoms with Crippen molar-refractivity contribution in [1.82, 2.24) is 9.97 Å². The van der Waals surface area contributed by atoms with Gasteiger partial charge >= 0.3 is 0 Å². The largest absolute Gasteiger partial charge is 0.209 e. The lowest BCUT2D eigenvalue weighted by Gasteiger charge is -2.14. The molecule has 0 N–H and O–H groups in total. The average Bonchev–Trinajstić information content (AvgIpc) is 1.97. The second-order valence-corrected chi connectivity index (χ2v) is 8.05. The van der Waals surface area contributed by atoms with Crippen LogP contribution < -0.4 is 0 Å². The highest BCUT2D eigenvalue weighted by atomic mass is 35.5. The van der Waals surface area contributed by atoms with Gasteiger partial charge in [-0.25, -0.2) is 9.97 Å². The third-order valence-corrected chi connectivity index (χ3v) is 2.23. The number of aromatic nitrogens is 2. The van der Waals surface area contributed by atoms with Crippen molar-refractivity contribution in [3.8, 4) is 11.2 Å². The van der Waals surface area contributed by atoms with Gasteiger partial charge < -0.3 is 0 Å². The maximum atomic E-state index is 5.70. The highest BCUT2D eigenvalue weighted by Crippen LogP contribution is 2.32. The molecule has 1 heterocycles. The lowest BCUT2D eigenvalue weighted by molar-refractivity contribution is 1.13. The Hall–Kier alpha value is -0.430. The van der Waals surface area contributed by atoms with Crippen LogP contribution in [0.2, 0.25) is 10.3 Å². The fraction of sp³-hybridized carbons (Fsp3) is 0.333. The van der Waals surface area contributed by atoms with Crippen molar-refractivity contribution in [2.75, 3.05) is 18.8 Å². The van der Waals surface area contributed by atoms with E-state index in [1.54, 1.807) is 0 Å². The molecular weight excluding hydrogens is 239 g/mol. The van der Waals surface area contributed by atoms with Gasteiger partial charge in [0, 0.05) is 6.07 Å². The summed E-state index contributed by atoms with van der Waals surface area (Å²) in [7, 11) is -0.875. The molecule has 0 aliphatic carbocycles. The molecule has 0 saturated carbocycles. The summed E-state index contributed by atoms with van der Waals surface area (Å²) in [4.78, 5) is 7.89. The Morgan fingerprint density at radius 3 is 2.07 bits per heavy atom. The molecule has 2 nitrogen and oxygen atoms in total. The van der Waals surface area contributed by atoms with Gasteiger partial charge in [0.15, 0.2) is 0 Å². The van der Waals surface area contributed by atoms with Crippen molar-refractivity contribution < 1.29 is 0 Å². The molecule has 0 bridgehead atoms. The molecule has 1 rings (SSSR count). The Morgan fingerprint density at radius 2 is 1.64 bits per heavy atom. The molecule has 0 spiro atoms. The first-order valence-electron chi connectivity index (χ1n) is 3.78. The molecular formula is C9H10Cl2N2S. The molecule has 0 amide bonds. The van der Waals surface area contributed by atoms with Gasteiger partial charge in [0.25, 0.3) is 0 Å². The number of halogens is 2. The summed E-state index contributed by atoms with van der Waals surface area (Å²) in [5.41, 5.74) is 0. The SMILES string of the molecule is CS(C)(C)C#Cc1nc(Cl)cc(Cl)n1. The van der Waals surface area contributed by atoms with E-state index in [1.807, 2.05) is 0 Å². The van der Waals surface area contributed by atoms with E-state index in [4.69, 9.17) is 23.2 Å². The molecule has 5 heteroatoms. The van der Waals surface area contributed by atoms with E-state index in [2.05, 4.69) is 39.9 Å². The van der Waals surface area contributed by atoms with Gasteiger partial charge in [-0.3, -0.25) is 0 Å². The van der Waals surface area contributed by atoms with Crippen molar-refractivity contribution in [2.45, 2.75) is 0 Å². The van der Waals surface area contributed by atoms with Crippen LogP contribution in [0.1, 0.15) is 5.82 Å². The Kier molecular flexibility index (Phi) is 3.65. The van der Waals surface area contributed by atoms with Crippen LogP contribution in [0.25, 0.3) is 0 Å². The number of hydrogen-bond donors (Lipinski definition) is 0. The van der Waals surface area contributed by atoms with E-state index in [-0.39, 0.29) is 0 Å². The Balaban J connectivity index is 3.02. The van der Waals surface area contributed by atoms with Gasteiger partial charge in [0.2, 0.25) is 5.82 Å². The molecule has 1 aromatic rings. The molecule has 0 aliphatic rings. The molecule has 0 radical (unpaired) electrons. The van der Waals surface area contributed by atoms with Crippen LogP contribution in [0.5, 0.6) is 0 Å². The van der Waals surface area contributed by atoms with Crippen LogP contribution in [0.15, 0.2) is 6.07 Å². The second-order valence-electron chi connectivity index (χ2n) is 3.40. The lowest BCUT2D eigenvalue weighted by Crippen LogP contribution is -1.91. The molecule has 0 aliphatic heterocycles. The van der Waals surface area contributed by atoms with Crippen LogP contribution in [0.4, 0.5) is 0 Å². The van der Waals surface area contributed by atoms with Gasteiger partial charge in [0.05, 0.1) is 0 Å². The molecule has 1 aromatic heterocycles. The van der Waals surface area contributed by atoms with Crippen molar-refractivity contribution in [3.05, 3.63) is 22.2 Å². The van der Waals surface area contributed by atoms with Crippen LogP contribution >= 0.6 is 33.2 Å². The first-order chi connectivity index (χ1) is 6.37. The van der Waals surface area contributed by atoms with Gasteiger partial charge in [-0.1, -0.05) is 23.2 Å². The minimum absolute atomic E-state index is 0.318. The third kappa shape index (κ3) is 4.19. The molecule has 0 saturated heterocycles. The Labute approximate surface area is 95.4 Å². The summed E-state index contributed by atoms with van der Waals surface area (Å²) in [6.07, 6.45) is 6.27. The van der Waals surface area contributed by atoms with Crippen LogP contribution in [-0.2, 0) is 0 Å². The van der Waals surface area contributed by atoms with Crippen molar-refractivity contribution >= 4 is 33.2 Å². The summed E-state index contributed by atoms with van der Waals surface area (Å²) in [5, 5.41) is 3.72. The number of nitrogens with zero attached hydrogens (tertiary/aromatic N) is 2. The van der Waals surface area contributed by atoms with E-state index >= 15 is 0 Å². The van der Waals surface area contributed by atoms with Gasteiger partial charge in [-0.05, 0) is 29.9 Å². The van der Waals surface area contributed by atoms with Crippen molar-refractivity contribution in [1.29, 1.82) is 0 Å². The maximum Gasteiger partial charge on any atom is 0.208 e. The van der Waals surface area contributed by atoms with Gasteiger partial charge in [-0.15, -0.1) is 0 Å². The Morgan fingerprint density at radius 1 is 1.14 bits per heavy atom. The van der Waals surface area contributed by atoms with E-state index in [0.717, 1.165) is 0 Å². The topological polar surface area (TPSA) is 25.8 Å². The first kappa shape index (κ1) is 11.6. The van der Waals surface area contributed by atoms with Crippen molar-refractivity contribution in [3.63, 3.8) is 0 Å². The highest BCUT2D eigenvalue weighted by Gasteiger charge is 2.00. The standard InChI is InChI=1S/C9H10Cl2N2S/c1-14(2,3)5-4-9-12-7(10)6-8(11)13-9/h6H,1-3H3. The second kappa shape index (κ2) is 4.39. The predicted molar refractivity (Wildman–Crippen MR) is 64.3 cm³/mol. The summed E-state index contributed by atoms with van der Waals surface area (Å²) in [6.45, 7) is 0. The van der Waals surface area contributed by atoms with Crippen LogP contribution in [-0.4, -0.2) is 28.7 Å². The number of rotatable bonds is 0. The highest BCUT2D eigenvalue weighted by molar-refractivity contribution is 8.35. The van der Waals surface area contributed by atoms with Crippen LogP contribution in [0.3, 0.4) is 0 Å². The quantitative estimate of drug-likeness (QED) is 0.522. The molecule has 76 valence electrons. The molecule has 0 unspecified atom stereocenters. The minimum Gasteiger partial charge on any atom is -0.209 e. The monoisotopic (exact) mass is 248 g/mol. The maximum absolute atomic E-state index is 5.70.